The Morgan fingerprint density at radius 2 is 1.81 bits per heavy atom. The van der Waals surface area contributed by atoms with Crippen LogP contribution in [-0.2, 0) is 0 Å². The van der Waals surface area contributed by atoms with Gasteiger partial charge < -0.3 is 11.1 Å². The number of rotatable bonds is 2. The summed E-state index contributed by atoms with van der Waals surface area (Å²) in [4.78, 5) is 0. The number of anilines is 3. The summed E-state index contributed by atoms with van der Waals surface area (Å²) in [6.07, 6.45) is 0. The predicted molar refractivity (Wildman–Crippen MR) is 78.0 cm³/mol. The van der Waals surface area contributed by atoms with Gasteiger partial charge in [0.25, 0.3) is 0 Å². The SMILES string of the molecule is Cc1cccc(N)c1Nc1ccccc1I. The van der Waals surface area contributed by atoms with Crippen LogP contribution in [0.25, 0.3) is 0 Å². The molecule has 0 amide bonds. The van der Waals surface area contributed by atoms with E-state index in [0.29, 0.717) is 0 Å². The molecule has 2 aromatic carbocycles. The maximum atomic E-state index is 5.95. The van der Waals surface area contributed by atoms with Gasteiger partial charge in [-0.3, -0.25) is 0 Å². The molecule has 2 aromatic rings. The third-order valence-corrected chi connectivity index (χ3v) is 3.38. The molecule has 0 fully saturated rings. The summed E-state index contributed by atoms with van der Waals surface area (Å²) in [6.45, 7) is 2.05. The van der Waals surface area contributed by atoms with Crippen molar-refractivity contribution in [3.05, 3.63) is 51.6 Å². The summed E-state index contributed by atoms with van der Waals surface area (Å²) >= 11 is 2.31. The normalized spacial score (nSPS) is 10.1. The first-order chi connectivity index (χ1) is 7.68. The fourth-order valence-corrected chi connectivity index (χ4v) is 2.08. The van der Waals surface area contributed by atoms with E-state index in [1.54, 1.807) is 0 Å². The van der Waals surface area contributed by atoms with Crippen molar-refractivity contribution < 1.29 is 0 Å². The van der Waals surface area contributed by atoms with E-state index < -0.39 is 0 Å². The molecule has 0 saturated heterocycles. The quantitative estimate of drug-likeness (QED) is 0.649. The topological polar surface area (TPSA) is 38.0 Å². The molecule has 0 heterocycles. The van der Waals surface area contributed by atoms with E-state index in [0.717, 1.165) is 22.6 Å². The van der Waals surface area contributed by atoms with Gasteiger partial charge in [-0.15, -0.1) is 0 Å². The lowest BCUT2D eigenvalue weighted by molar-refractivity contribution is 1.42. The van der Waals surface area contributed by atoms with Gasteiger partial charge in [0.2, 0.25) is 0 Å². The summed E-state index contributed by atoms with van der Waals surface area (Å²) in [5.41, 5.74) is 9.96. The van der Waals surface area contributed by atoms with Gasteiger partial charge in [0, 0.05) is 3.57 Å². The number of hydrogen-bond donors (Lipinski definition) is 2. The molecule has 0 unspecified atom stereocenters. The maximum Gasteiger partial charge on any atom is 0.0647 e. The Kier molecular flexibility index (Phi) is 3.33. The third kappa shape index (κ3) is 2.29. The van der Waals surface area contributed by atoms with Crippen LogP contribution in [0.1, 0.15) is 5.56 Å². The first-order valence-electron chi connectivity index (χ1n) is 5.05. The van der Waals surface area contributed by atoms with Crippen LogP contribution >= 0.6 is 22.6 Å². The van der Waals surface area contributed by atoms with Crippen molar-refractivity contribution in [2.24, 2.45) is 0 Å². The van der Waals surface area contributed by atoms with Gasteiger partial charge in [0.15, 0.2) is 0 Å². The third-order valence-electron chi connectivity index (χ3n) is 2.44. The Morgan fingerprint density at radius 1 is 1.06 bits per heavy atom. The standard InChI is InChI=1S/C13H13IN2/c1-9-5-4-7-11(15)13(9)16-12-8-3-2-6-10(12)14/h2-8,16H,15H2,1H3. The highest BCUT2D eigenvalue weighted by Gasteiger charge is 2.04. The number of aryl methyl sites for hydroxylation is 1. The zero-order valence-corrected chi connectivity index (χ0v) is 11.2. The smallest absolute Gasteiger partial charge is 0.0647 e. The van der Waals surface area contributed by atoms with Gasteiger partial charge >= 0.3 is 0 Å². The predicted octanol–water partition coefficient (Wildman–Crippen LogP) is 3.93. The molecule has 0 bridgehead atoms. The second-order valence-corrected chi connectivity index (χ2v) is 4.81. The largest absolute Gasteiger partial charge is 0.397 e. The van der Waals surface area contributed by atoms with Crippen molar-refractivity contribution >= 4 is 39.7 Å². The molecule has 0 aliphatic carbocycles. The molecule has 3 N–H and O–H groups in total. The van der Waals surface area contributed by atoms with E-state index in [1.807, 2.05) is 30.3 Å². The minimum Gasteiger partial charge on any atom is -0.397 e. The number of para-hydroxylation sites is 2. The first kappa shape index (κ1) is 11.3. The zero-order valence-electron chi connectivity index (χ0n) is 9.00. The van der Waals surface area contributed by atoms with Crippen LogP contribution in [0, 0.1) is 10.5 Å². The van der Waals surface area contributed by atoms with Crippen LogP contribution in [0.4, 0.5) is 17.1 Å². The van der Waals surface area contributed by atoms with Crippen molar-refractivity contribution in [2.75, 3.05) is 11.1 Å². The summed E-state index contributed by atoms with van der Waals surface area (Å²) in [6, 6.07) is 14.1. The van der Waals surface area contributed by atoms with Crippen LogP contribution in [0.2, 0.25) is 0 Å². The molecule has 16 heavy (non-hydrogen) atoms. The minimum absolute atomic E-state index is 0.777. The average molecular weight is 324 g/mol. The fraction of sp³-hybridized carbons (Fsp3) is 0.0769. The van der Waals surface area contributed by atoms with Crippen molar-refractivity contribution in [3.63, 3.8) is 0 Å². The van der Waals surface area contributed by atoms with Gasteiger partial charge in [0.1, 0.15) is 0 Å². The second kappa shape index (κ2) is 4.74. The monoisotopic (exact) mass is 324 g/mol. The van der Waals surface area contributed by atoms with Crippen LogP contribution in [0.3, 0.4) is 0 Å². The number of nitrogens with two attached hydrogens (primary N) is 1. The van der Waals surface area contributed by atoms with Gasteiger partial charge in [-0.25, -0.2) is 0 Å². The Morgan fingerprint density at radius 3 is 2.50 bits per heavy atom. The highest BCUT2D eigenvalue weighted by atomic mass is 127. The lowest BCUT2D eigenvalue weighted by Crippen LogP contribution is -1.99. The number of benzene rings is 2. The molecule has 2 nitrogen and oxygen atoms in total. The highest BCUT2D eigenvalue weighted by Crippen LogP contribution is 2.28. The molecule has 0 spiro atoms. The van der Waals surface area contributed by atoms with Crippen LogP contribution < -0.4 is 11.1 Å². The number of hydrogen-bond acceptors (Lipinski definition) is 2. The molecule has 0 aromatic heterocycles. The second-order valence-electron chi connectivity index (χ2n) is 3.64. The van der Waals surface area contributed by atoms with Crippen LogP contribution in [-0.4, -0.2) is 0 Å². The number of nitrogen functional groups attached to an aromatic ring is 1. The van der Waals surface area contributed by atoms with Crippen molar-refractivity contribution in [1.82, 2.24) is 0 Å². The van der Waals surface area contributed by atoms with Gasteiger partial charge in [0.05, 0.1) is 17.1 Å². The lowest BCUT2D eigenvalue weighted by Gasteiger charge is -2.13. The Balaban J connectivity index is 2.38. The Hall–Kier alpha value is -1.23. The molecule has 0 aliphatic heterocycles. The van der Waals surface area contributed by atoms with Crippen molar-refractivity contribution in [2.45, 2.75) is 6.92 Å². The van der Waals surface area contributed by atoms with E-state index in [-0.39, 0.29) is 0 Å². The molecule has 2 rings (SSSR count). The molecular formula is C13H13IN2. The molecule has 0 radical (unpaired) electrons. The average Bonchev–Trinajstić information content (AvgIpc) is 2.26. The maximum absolute atomic E-state index is 5.95. The summed E-state index contributed by atoms with van der Waals surface area (Å²) in [5.74, 6) is 0. The van der Waals surface area contributed by atoms with Crippen molar-refractivity contribution in [1.29, 1.82) is 0 Å². The van der Waals surface area contributed by atoms with E-state index in [4.69, 9.17) is 5.73 Å². The zero-order chi connectivity index (χ0) is 11.5. The van der Waals surface area contributed by atoms with E-state index in [2.05, 4.69) is 47.0 Å². The fourth-order valence-electron chi connectivity index (χ4n) is 1.56. The van der Waals surface area contributed by atoms with Crippen LogP contribution in [0.5, 0.6) is 0 Å². The van der Waals surface area contributed by atoms with E-state index >= 15 is 0 Å². The minimum atomic E-state index is 0.777. The summed E-state index contributed by atoms with van der Waals surface area (Å²) < 4.78 is 1.18. The van der Waals surface area contributed by atoms with Gasteiger partial charge in [-0.1, -0.05) is 24.3 Å². The molecule has 3 heteroatoms. The first-order valence-corrected chi connectivity index (χ1v) is 6.13. The molecular weight excluding hydrogens is 311 g/mol. The van der Waals surface area contributed by atoms with Crippen molar-refractivity contribution in [3.8, 4) is 0 Å². The van der Waals surface area contributed by atoms with Gasteiger partial charge in [-0.2, -0.15) is 0 Å². The number of halogens is 1. The summed E-state index contributed by atoms with van der Waals surface area (Å²) in [5, 5.41) is 3.38. The summed E-state index contributed by atoms with van der Waals surface area (Å²) in [7, 11) is 0. The molecule has 0 saturated carbocycles. The lowest BCUT2D eigenvalue weighted by atomic mass is 10.1. The Bertz CT molecular complexity index is 489. The molecule has 0 atom stereocenters. The van der Waals surface area contributed by atoms with Gasteiger partial charge in [-0.05, 0) is 53.3 Å². The van der Waals surface area contributed by atoms with Crippen LogP contribution in [0.15, 0.2) is 42.5 Å². The molecule has 0 aliphatic rings. The van der Waals surface area contributed by atoms with E-state index in [9.17, 15) is 0 Å². The Labute approximate surface area is 109 Å². The number of nitrogens with one attached hydrogen (secondary N) is 1. The van der Waals surface area contributed by atoms with E-state index in [1.165, 1.54) is 3.57 Å². The highest BCUT2D eigenvalue weighted by molar-refractivity contribution is 14.1. The molecule has 82 valence electrons.